The minimum atomic E-state index is -0.415. The fourth-order valence-electron chi connectivity index (χ4n) is 11.4. The smallest absolute Gasteiger partial charge is 0.326 e. The van der Waals surface area contributed by atoms with Crippen molar-refractivity contribution in [3.8, 4) is 0 Å². The van der Waals surface area contributed by atoms with Gasteiger partial charge in [-0.3, -0.25) is 14.4 Å². The predicted molar refractivity (Wildman–Crippen MR) is 353 cm³/mol. The Kier molecular flexibility index (Phi) is 21.8. The van der Waals surface area contributed by atoms with Gasteiger partial charge in [-0.05, 0) is 125 Å². The summed E-state index contributed by atoms with van der Waals surface area (Å²) in [5.41, 5.74) is 15.6. The van der Waals surface area contributed by atoms with E-state index < -0.39 is 5.97 Å². The summed E-state index contributed by atoms with van der Waals surface area (Å²) in [5.74, 6) is 0.560. The van der Waals surface area contributed by atoms with Crippen LogP contribution in [-0.4, -0.2) is 29.3 Å². The summed E-state index contributed by atoms with van der Waals surface area (Å²) >= 11 is 48.5. The Hall–Kier alpha value is -6.69. The number of benzene rings is 8. The first kappa shape index (κ1) is 63.8. The van der Waals surface area contributed by atoms with E-state index in [2.05, 4.69) is 46.1 Å². The first-order valence-corrected chi connectivity index (χ1v) is 30.8. The number of halogens is 8. The van der Waals surface area contributed by atoms with Gasteiger partial charge in [0.15, 0.2) is 5.78 Å². The van der Waals surface area contributed by atoms with E-state index >= 15 is 0 Å². The number of hydrogen-bond donors (Lipinski definition) is 2. The van der Waals surface area contributed by atoms with Crippen LogP contribution in [-0.2, 0) is 19.2 Å². The van der Waals surface area contributed by atoms with Crippen molar-refractivity contribution in [2.75, 3.05) is 0 Å². The van der Waals surface area contributed by atoms with Crippen molar-refractivity contribution in [2.45, 2.75) is 83.0 Å². The van der Waals surface area contributed by atoms with Gasteiger partial charge in [0.25, 0.3) is 0 Å². The van der Waals surface area contributed by atoms with Gasteiger partial charge in [0.2, 0.25) is 11.8 Å². The summed E-state index contributed by atoms with van der Waals surface area (Å²) in [6.07, 6.45) is 8.77. The van der Waals surface area contributed by atoms with Crippen LogP contribution in [0.15, 0.2) is 187 Å². The Morgan fingerprint density at radius 1 is 0.407 bits per heavy atom. The van der Waals surface area contributed by atoms with Crippen LogP contribution in [0.1, 0.15) is 155 Å². The third-order valence-corrected chi connectivity index (χ3v) is 18.2. The molecule has 0 heterocycles. The highest BCUT2D eigenvalue weighted by molar-refractivity contribution is 6.43. The molecule has 16 heteroatoms. The van der Waals surface area contributed by atoms with Crippen molar-refractivity contribution in [1.29, 1.82) is 0 Å². The SMILES string of the molecule is CC(=O)NC1=CCC(c2ccc(Cl)c(Cl)c2)c2ccccc21.CC(=O)NC1=CC[C@@H](c2ccc(Cl)c(Cl)c2)c2ccccc21.CC(=O)O/N=C1\CC[C@@H](c2ccc(Cl)c(Cl)c2)c2ccccc21.O=C1CC[C@@H](c2ccc(Cl)c(Cl)c2)c2ccccc21. The van der Waals surface area contributed by atoms with Crippen molar-refractivity contribution in [1.82, 2.24) is 10.6 Å². The maximum Gasteiger partial charge on any atom is 0.331 e. The molecule has 86 heavy (non-hydrogen) atoms. The first-order valence-electron chi connectivity index (χ1n) is 27.7. The van der Waals surface area contributed by atoms with E-state index in [1.807, 2.05) is 152 Å². The molecule has 0 saturated heterocycles. The minimum absolute atomic E-state index is 0.0611. The molecule has 4 aliphatic carbocycles. The predicted octanol–water partition coefficient (Wildman–Crippen LogP) is 20.3. The molecule has 4 aliphatic rings. The Morgan fingerprint density at radius 3 is 1.10 bits per heavy atom. The maximum atomic E-state index is 11.9. The number of amides is 2. The summed E-state index contributed by atoms with van der Waals surface area (Å²) in [6.45, 7) is 4.39. The normalized spacial score (nSPS) is 17.5. The third-order valence-electron chi connectivity index (χ3n) is 15.3. The van der Waals surface area contributed by atoms with Crippen LogP contribution in [0.2, 0.25) is 40.2 Å². The standard InChI is InChI=1S/C18H15Cl2NO2.2C18H15Cl2NO.C16H12Cl2O/c1-11(22)23-21-18-9-7-13(14-4-2-3-5-15(14)18)12-6-8-16(19)17(20)10-12;2*1-11(22)21-18-9-7-13(14-4-2-3-5-15(14)18)12-6-8-16(19)17(20)10-12;17-14-7-5-10(9-15(14)18)11-6-8-16(19)13-4-2-1-3-12(11)13/h2-6,8,10,13H,7,9H2,1H3;2*2-6,8-10,13H,7H2,1H3,(H,21,22);1-5,7,9,11H,6,8H2/b21-18+;;;/t2*13-;;11-/m00.0/s1. The molecular weight excluding hydrogens is 1250 g/mol. The molecule has 4 atom stereocenters. The largest absolute Gasteiger partial charge is 0.331 e. The molecule has 0 fully saturated rings. The number of ketones is 1. The zero-order valence-electron chi connectivity index (χ0n) is 46.9. The lowest BCUT2D eigenvalue weighted by molar-refractivity contribution is -0.141. The maximum absolute atomic E-state index is 11.9. The van der Waals surface area contributed by atoms with Crippen LogP contribution < -0.4 is 10.6 Å². The molecule has 0 aliphatic heterocycles. The number of hydrogen-bond acceptors (Lipinski definition) is 6. The molecule has 1 unspecified atom stereocenters. The summed E-state index contributed by atoms with van der Waals surface area (Å²) in [4.78, 5) is 50.5. The summed E-state index contributed by atoms with van der Waals surface area (Å²) in [6, 6.07) is 55.0. The van der Waals surface area contributed by atoms with Gasteiger partial charge in [0.05, 0.1) is 45.9 Å². The Labute approximate surface area is 541 Å². The number of allylic oxidation sites excluding steroid dienone is 2. The number of carbonyl (C=O) groups is 4. The van der Waals surface area contributed by atoms with Gasteiger partial charge >= 0.3 is 5.97 Å². The van der Waals surface area contributed by atoms with Crippen LogP contribution >= 0.6 is 92.8 Å². The number of nitrogens with one attached hydrogen (secondary N) is 2. The van der Waals surface area contributed by atoms with Gasteiger partial charge in [-0.1, -0.05) is 231 Å². The molecule has 0 radical (unpaired) electrons. The van der Waals surface area contributed by atoms with Gasteiger partial charge in [0.1, 0.15) is 0 Å². The molecule has 0 bridgehead atoms. The monoisotopic (exact) mass is 1300 g/mol. The molecule has 438 valence electrons. The second-order valence-corrected chi connectivity index (χ2v) is 24.2. The molecule has 8 aromatic carbocycles. The molecule has 0 saturated carbocycles. The lowest BCUT2D eigenvalue weighted by Crippen LogP contribution is -2.22. The second-order valence-electron chi connectivity index (χ2n) is 20.9. The number of carbonyl (C=O) groups excluding carboxylic acids is 4. The minimum Gasteiger partial charge on any atom is -0.326 e. The van der Waals surface area contributed by atoms with Crippen molar-refractivity contribution in [3.63, 3.8) is 0 Å². The van der Waals surface area contributed by atoms with Gasteiger partial charge in [-0.2, -0.15) is 0 Å². The number of nitrogens with zero attached hydrogens (tertiary/aromatic N) is 1. The van der Waals surface area contributed by atoms with E-state index in [4.69, 9.17) is 97.6 Å². The Balaban J connectivity index is 0.000000137. The summed E-state index contributed by atoms with van der Waals surface area (Å²) in [7, 11) is 0. The van der Waals surface area contributed by atoms with Gasteiger partial charge in [0, 0.05) is 84.5 Å². The van der Waals surface area contributed by atoms with Crippen LogP contribution in [0, 0.1) is 0 Å². The summed E-state index contributed by atoms with van der Waals surface area (Å²) in [5, 5.41) is 14.3. The Morgan fingerprint density at radius 2 is 0.733 bits per heavy atom. The van der Waals surface area contributed by atoms with Gasteiger partial charge < -0.3 is 15.5 Å². The van der Waals surface area contributed by atoms with Crippen molar-refractivity contribution in [3.05, 3.63) is 289 Å². The molecule has 2 amide bonds. The zero-order chi connectivity index (χ0) is 61.2. The second kappa shape index (κ2) is 29.3. The molecule has 8 nitrogen and oxygen atoms in total. The highest BCUT2D eigenvalue weighted by Crippen LogP contribution is 2.43. The van der Waals surface area contributed by atoms with Crippen molar-refractivity contribution >= 4 is 133 Å². The molecule has 0 spiro atoms. The van der Waals surface area contributed by atoms with Crippen LogP contribution in [0.5, 0.6) is 0 Å². The average molecular weight is 1300 g/mol. The molecular formula is C70H57Cl8N3O5. The fourth-order valence-corrected chi connectivity index (χ4v) is 12.6. The van der Waals surface area contributed by atoms with E-state index in [1.165, 1.54) is 31.9 Å². The quantitative estimate of drug-likeness (QED) is 0.122. The lowest BCUT2D eigenvalue weighted by atomic mass is 9.78. The molecule has 2 N–H and O–H groups in total. The van der Waals surface area contributed by atoms with E-state index in [0.717, 1.165) is 105 Å². The molecule has 12 rings (SSSR count). The van der Waals surface area contributed by atoms with Crippen molar-refractivity contribution < 1.29 is 24.0 Å². The van der Waals surface area contributed by atoms with Crippen molar-refractivity contribution in [2.24, 2.45) is 5.16 Å². The van der Waals surface area contributed by atoms with E-state index in [0.29, 0.717) is 46.6 Å². The van der Waals surface area contributed by atoms with E-state index in [-0.39, 0.29) is 41.3 Å². The number of Topliss-reactive ketones (excluding diaryl/α,β-unsaturated/α-hetero) is 1. The van der Waals surface area contributed by atoms with Gasteiger partial charge in [-0.15, -0.1) is 0 Å². The number of oxime groups is 1. The highest BCUT2D eigenvalue weighted by Gasteiger charge is 2.29. The van der Waals surface area contributed by atoms with Crippen LogP contribution in [0.3, 0.4) is 0 Å². The van der Waals surface area contributed by atoms with Gasteiger partial charge in [-0.25, -0.2) is 4.79 Å². The topological polar surface area (TPSA) is 114 Å². The summed E-state index contributed by atoms with van der Waals surface area (Å²) < 4.78 is 0. The lowest BCUT2D eigenvalue weighted by Gasteiger charge is -2.26. The first-order chi connectivity index (χ1) is 41.3. The number of rotatable bonds is 7. The average Bonchev–Trinajstić information content (AvgIpc) is 2.30. The number of fused-ring (bicyclic) bond motifs is 4. The third kappa shape index (κ3) is 15.5. The Bertz CT molecular complexity index is 3860. The highest BCUT2D eigenvalue weighted by atomic mass is 35.5. The zero-order valence-corrected chi connectivity index (χ0v) is 52.9. The molecule has 8 aromatic rings. The van der Waals surface area contributed by atoms with Crippen LogP contribution in [0.25, 0.3) is 11.4 Å². The molecule has 0 aromatic heterocycles. The van der Waals surface area contributed by atoms with E-state index in [1.54, 1.807) is 0 Å². The fraction of sp³-hybridized carbons (Fsp3) is 0.186. The van der Waals surface area contributed by atoms with E-state index in [9.17, 15) is 19.2 Å². The van der Waals surface area contributed by atoms with Crippen LogP contribution in [0.4, 0.5) is 0 Å².